The van der Waals surface area contributed by atoms with Gasteiger partial charge in [-0.2, -0.15) is 0 Å². The van der Waals surface area contributed by atoms with Crippen LogP contribution in [0.5, 0.6) is 0 Å². The highest BCUT2D eigenvalue weighted by atomic mass is 16.1. The maximum absolute atomic E-state index is 10.6. The fourth-order valence-corrected chi connectivity index (χ4v) is 0.367. The van der Waals surface area contributed by atoms with E-state index in [9.17, 15) is 9.59 Å². The van der Waals surface area contributed by atoms with E-state index in [0.29, 0.717) is 6.41 Å². The minimum Gasteiger partial charge on any atom is -0.298 e. The van der Waals surface area contributed by atoms with Crippen molar-refractivity contribution in [1.82, 2.24) is 4.90 Å². The fraction of sp³-hybridized carbons (Fsp3) is 0. The predicted octanol–water partition coefficient (Wildman–Crippen LogP) is 0.857. The van der Waals surface area contributed by atoms with Crippen molar-refractivity contribution in [3.63, 3.8) is 0 Å². The zero-order valence-electron chi connectivity index (χ0n) is 6.06. The first kappa shape index (κ1) is 9.36. The Labute approximate surface area is 65.3 Å². The molecule has 0 aromatic rings. The molecule has 1 amide bonds. The Hall–Kier alpha value is -1.64. The maximum Gasteiger partial charge on any atom is 0.217 e. The van der Waals surface area contributed by atoms with Crippen LogP contribution in [0.25, 0.3) is 0 Å². The monoisotopic (exact) mass is 151 g/mol. The Morgan fingerprint density at radius 3 is 2.36 bits per heavy atom. The number of allylic oxidation sites excluding steroid dienone is 2. The number of carbonyl (C=O) groups is 2. The molecule has 0 unspecified atom stereocenters. The van der Waals surface area contributed by atoms with Crippen LogP contribution in [0.15, 0.2) is 37.7 Å². The molecule has 11 heavy (non-hydrogen) atoms. The van der Waals surface area contributed by atoms with E-state index in [1.54, 1.807) is 0 Å². The first-order chi connectivity index (χ1) is 5.24. The van der Waals surface area contributed by atoms with Gasteiger partial charge in [-0.15, -0.1) is 0 Å². The summed E-state index contributed by atoms with van der Waals surface area (Å²) < 4.78 is 0. The van der Waals surface area contributed by atoms with E-state index in [2.05, 4.69) is 13.2 Å². The molecule has 0 saturated carbocycles. The molecule has 0 saturated heterocycles. The average Bonchev–Trinajstić information content (AvgIpc) is 2.06. The second-order valence-corrected chi connectivity index (χ2v) is 1.66. The molecule has 0 aliphatic carbocycles. The lowest BCUT2D eigenvalue weighted by Crippen LogP contribution is -2.05. The Morgan fingerprint density at radius 2 is 2.00 bits per heavy atom. The Morgan fingerprint density at radius 1 is 1.36 bits per heavy atom. The number of rotatable bonds is 5. The van der Waals surface area contributed by atoms with Gasteiger partial charge in [0, 0.05) is 18.5 Å². The van der Waals surface area contributed by atoms with E-state index in [-0.39, 0.29) is 5.78 Å². The summed E-state index contributed by atoms with van der Waals surface area (Å²) >= 11 is 0. The van der Waals surface area contributed by atoms with E-state index >= 15 is 0 Å². The minimum absolute atomic E-state index is 0.251. The van der Waals surface area contributed by atoms with Crippen molar-refractivity contribution in [1.29, 1.82) is 0 Å². The van der Waals surface area contributed by atoms with Crippen molar-refractivity contribution in [3.8, 4) is 0 Å². The summed E-state index contributed by atoms with van der Waals surface area (Å²) in [7, 11) is 0. The largest absolute Gasteiger partial charge is 0.298 e. The number of hydrogen-bond acceptors (Lipinski definition) is 2. The molecule has 0 heterocycles. The van der Waals surface area contributed by atoms with Gasteiger partial charge >= 0.3 is 0 Å². The van der Waals surface area contributed by atoms with Gasteiger partial charge in [0.1, 0.15) is 0 Å². The molecular weight excluding hydrogens is 142 g/mol. The third kappa shape index (κ3) is 3.86. The minimum atomic E-state index is -0.251. The summed E-state index contributed by atoms with van der Waals surface area (Å²) in [5, 5.41) is 0. The summed E-state index contributed by atoms with van der Waals surface area (Å²) in [4.78, 5) is 21.8. The molecule has 0 N–H and O–H groups in total. The smallest absolute Gasteiger partial charge is 0.217 e. The van der Waals surface area contributed by atoms with Gasteiger partial charge in [0.15, 0.2) is 5.78 Å². The van der Waals surface area contributed by atoms with Gasteiger partial charge in [0.05, 0.1) is 0 Å². The van der Waals surface area contributed by atoms with Gasteiger partial charge in [-0.3, -0.25) is 14.5 Å². The number of hydrogen-bond donors (Lipinski definition) is 0. The van der Waals surface area contributed by atoms with Gasteiger partial charge in [0.2, 0.25) is 6.41 Å². The van der Waals surface area contributed by atoms with Gasteiger partial charge in [-0.1, -0.05) is 13.2 Å². The zero-order valence-corrected chi connectivity index (χ0v) is 6.06. The molecule has 0 spiro atoms. The summed E-state index contributed by atoms with van der Waals surface area (Å²) in [6.07, 6.45) is 5.52. The van der Waals surface area contributed by atoms with Gasteiger partial charge in [-0.25, -0.2) is 0 Å². The molecule has 0 bridgehead atoms. The van der Waals surface area contributed by atoms with Crippen LogP contribution < -0.4 is 0 Å². The van der Waals surface area contributed by atoms with Gasteiger partial charge < -0.3 is 0 Å². The summed E-state index contributed by atoms with van der Waals surface area (Å²) in [5.41, 5.74) is 0. The molecule has 0 rings (SSSR count). The van der Waals surface area contributed by atoms with Crippen LogP contribution in [0.4, 0.5) is 0 Å². The second-order valence-electron chi connectivity index (χ2n) is 1.66. The SMILES string of the molecule is C=CC(=O)/C=C\N(C=C)C=O. The molecule has 0 fully saturated rings. The second kappa shape index (κ2) is 5.17. The highest BCUT2D eigenvalue weighted by Crippen LogP contribution is 1.85. The van der Waals surface area contributed by atoms with Crippen molar-refractivity contribution < 1.29 is 9.59 Å². The average molecular weight is 151 g/mol. The first-order valence-corrected chi connectivity index (χ1v) is 2.94. The molecule has 3 heteroatoms. The van der Waals surface area contributed by atoms with E-state index in [1.165, 1.54) is 18.5 Å². The molecule has 58 valence electrons. The highest BCUT2D eigenvalue weighted by Gasteiger charge is 1.88. The predicted molar refractivity (Wildman–Crippen MR) is 42.4 cm³/mol. The number of nitrogens with zero attached hydrogens (tertiary/aromatic N) is 1. The molecule has 0 aliphatic heterocycles. The topological polar surface area (TPSA) is 37.4 Å². The molecule has 0 aromatic heterocycles. The van der Waals surface area contributed by atoms with E-state index < -0.39 is 0 Å². The summed E-state index contributed by atoms with van der Waals surface area (Å²) in [5.74, 6) is -0.251. The maximum atomic E-state index is 10.6. The van der Waals surface area contributed by atoms with Crippen molar-refractivity contribution >= 4 is 12.2 Å². The number of ketones is 1. The normalized spacial score (nSPS) is 9.09. The van der Waals surface area contributed by atoms with Crippen LogP contribution in [0.2, 0.25) is 0 Å². The third-order valence-electron chi connectivity index (χ3n) is 0.945. The Balaban J connectivity index is 4.08. The van der Waals surface area contributed by atoms with Crippen molar-refractivity contribution in [2.75, 3.05) is 0 Å². The molecule has 0 radical (unpaired) electrons. The molecule has 0 aromatic carbocycles. The van der Waals surface area contributed by atoms with Crippen LogP contribution in [0, 0.1) is 0 Å². The van der Waals surface area contributed by atoms with Crippen molar-refractivity contribution in [2.24, 2.45) is 0 Å². The number of amides is 1. The van der Waals surface area contributed by atoms with Crippen LogP contribution in [-0.2, 0) is 9.59 Å². The molecular formula is C8H9NO2. The van der Waals surface area contributed by atoms with Gasteiger partial charge in [-0.05, 0) is 6.08 Å². The summed E-state index contributed by atoms with van der Waals surface area (Å²) in [6.45, 7) is 6.60. The van der Waals surface area contributed by atoms with Crippen molar-refractivity contribution in [2.45, 2.75) is 0 Å². The highest BCUT2D eigenvalue weighted by molar-refractivity contribution is 5.98. The van der Waals surface area contributed by atoms with E-state index in [4.69, 9.17) is 0 Å². The molecule has 0 atom stereocenters. The summed E-state index contributed by atoms with van der Waals surface area (Å²) in [6, 6.07) is 0. The lowest BCUT2D eigenvalue weighted by Gasteiger charge is -2.00. The quantitative estimate of drug-likeness (QED) is 0.431. The fourth-order valence-electron chi connectivity index (χ4n) is 0.367. The van der Waals surface area contributed by atoms with Crippen LogP contribution in [0.3, 0.4) is 0 Å². The lowest BCUT2D eigenvalue weighted by atomic mass is 10.4. The molecule has 0 aliphatic rings. The van der Waals surface area contributed by atoms with Crippen LogP contribution >= 0.6 is 0 Å². The Kier molecular flexibility index (Phi) is 4.40. The number of carbonyl (C=O) groups excluding carboxylic acids is 2. The lowest BCUT2D eigenvalue weighted by molar-refractivity contribution is -0.114. The standard InChI is InChI=1S/C8H9NO2/c1-3-8(11)5-6-9(4-2)7-10/h3-7H,1-2H2/b6-5-. The Bertz CT molecular complexity index is 198. The molecule has 3 nitrogen and oxygen atoms in total. The van der Waals surface area contributed by atoms with Gasteiger partial charge in [0.25, 0.3) is 0 Å². The van der Waals surface area contributed by atoms with Crippen molar-refractivity contribution in [3.05, 3.63) is 37.7 Å². The van der Waals surface area contributed by atoms with Crippen LogP contribution in [-0.4, -0.2) is 17.1 Å². The zero-order chi connectivity index (χ0) is 8.69. The van der Waals surface area contributed by atoms with E-state index in [0.717, 1.165) is 11.0 Å². The first-order valence-electron chi connectivity index (χ1n) is 2.94. The van der Waals surface area contributed by atoms with E-state index in [1.807, 2.05) is 0 Å². The van der Waals surface area contributed by atoms with Crippen LogP contribution in [0.1, 0.15) is 0 Å². The third-order valence-corrected chi connectivity index (χ3v) is 0.945.